The lowest BCUT2D eigenvalue weighted by molar-refractivity contribution is 0.141. The van der Waals surface area contributed by atoms with E-state index in [0.717, 1.165) is 5.56 Å². The van der Waals surface area contributed by atoms with Gasteiger partial charge in [0.15, 0.2) is 0 Å². The van der Waals surface area contributed by atoms with Crippen LogP contribution in [0.25, 0.3) is 0 Å². The van der Waals surface area contributed by atoms with Crippen molar-refractivity contribution in [1.29, 1.82) is 0 Å². The lowest BCUT2D eigenvalue weighted by Crippen LogP contribution is -2.24. The van der Waals surface area contributed by atoms with E-state index in [-0.39, 0.29) is 18.9 Å². The number of hydrogen-bond donors (Lipinski definition) is 2. The van der Waals surface area contributed by atoms with Crippen LogP contribution in [0.5, 0.6) is 5.75 Å². The molecule has 0 aliphatic heterocycles. The SMILES string of the molecule is Cc1cc(Cl)cc(C#CCNC(=O)OCc2ccccc2)c1O. The minimum absolute atomic E-state index is 0.0913. The first-order valence-electron chi connectivity index (χ1n) is 6.99. The topological polar surface area (TPSA) is 58.6 Å². The van der Waals surface area contributed by atoms with Gasteiger partial charge in [-0.05, 0) is 30.2 Å². The number of benzene rings is 2. The van der Waals surface area contributed by atoms with Gasteiger partial charge < -0.3 is 15.2 Å². The largest absolute Gasteiger partial charge is 0.506 e. The fourth-order valence-corrected chi connectivity index (χ4v) is 2.13. The molecule has 0 saturated heterocycles. The second-order valence-corrected chi connectivity index (χ2v) is 5.27. The number of carbonyl (C=O) groups is 1. The lowest BCUT2D eigenvalue weighted by atomic mass is 10.1. The van der Waals surface area contributed by atoms with Gasteiger partial charge in [0.1, 0.15) is 12.4 Å². The highest BCUT2D eigenvalue weighted by molar-refractivity contribution is 6.30. The number of amides is 1. The van der Waals surface area contributed by atoms with Gasteiger partial charge in [0, 0.05) is 5.02 Å². The number of halogens is 1. The zero-order valence-corrected chi connectivity index (χ0v) is 13.4. The molecule has 1 amide bonds. The number of aryl methyl sites for hydroxylation is 1. The van der Waals surface area contributed by atoms with E-state index >= 15 is 0 Å². The van der Waals surface area contributed by atoms with Gasteiger partial charge in [-0.1, -0.05) is 53.8 Å². The van der Waals surface area contributed by atoms with E-state index in [9.17, 15) is 9.90 Å². The van der Waals surface area contributed by atoms with Crippen molar-refractivity contribution < 1.29 is 14.6 Å². The zero-order valence-electron chi connectivity index (χ0n) is 12.6. The summed E-state index contributed by atoms with van der Waals surface area (Å²) in [5, 5.41) is 12.9. The standard InChI is InChI=1S/C18H16ClNO3/c1-13-10-16(19)11-15(17(13)21)8-5-9-20-18(22)23-12-14-6-3-2-4-7-14/h2-4,6-7,10-11,21H,9,12H2,1H3,(H,20,22). The van der Waals surface area contributed by atoms with Crippen LogP contribution in [-0.4, -0.2) is 17.7 Å². The molecule has 2 aromatic carbocycles. The predicted octanol–water partition coefficient (Wildman–Crippen LogP) is 3.63. The maximum absolute atomic E-state index is 11.5. The Balaban J connectivity index is 1.82. The van der Waals surface area contributed by atoms with Crippen LogP contribution in [-0.2, 0) is 11.3 Å². The maximum Gasteiger partial charge on any atom is 0.408 e. The monoisotopic (exact) mass is 329 g/mol. The molecule has 0 aliphatic rings. The second-order valence-electron chi connectivity index (χ2n) is 4.84. The van der Waals surface area contributed by atoms with Crippen molar-refractivity contribution in [2.75, 3.05) is 6.54 Å². The third-order valence-electron chi connectivity index (χ3n) is 3.02. The molecule has 0 atom stereocenters. The molecule has 23 heavy (non-hydrogen) atoms. The molecule has 0 radical (unpaired) electrons. The van der Waals surface area contributed by atoms with Crippen molar-refractivity contribution in [2.45, 2.75) is 13.5 Å². The van der Waals surface area contributed by atoms with Gasteiger partial charge in [0.05, 0.1) is 12.1 Å². The Hall–Kier alpha value is -2.64. The van der Waals surface area contributed by atoms with Gasteiger partial charge in [0.25, 0.3) is 0 Å². The molecule has 0 fully saturated rings. The smallest absolute Gasteiger partial charge is 0.408 e. The number of rotatable bonds is 3. The molecule has 0 heterocycles. The van der Waals surface area contributed by atoms with E-state index in [0.29, 0.717) is 16.1 Å². The molecule has 0 bridgehead atoms. The number of nitrogens with one attached hydrogen (secondary N) is 1. The maximum atomic E-state index is 11.5. The molecule has 2 aromatic rings. The Bertz CT molecular complexity index is 748. The lowest BCUT2D eigenvalue weighted by Gasteiger charge is -2.04. The van der Waals surface area contributed by atoms with Gasteiger partial charge in [-0.2, -0.15) is 0 Å². The van der Waals surface area contributed by atoms with E-state index < -0.39 is 6.09 Å². The summed E-state index contributed by atoms with van der Waals surface area (Å²) in [6.07, 6.45) is -0.547. The van der Waals surface area contributed by atoms with Gasteiger partial charge in [0.2, 0.25) is 0 Å². The number of alkyl carbamates (subject to hydrolysis) is 1. The summed E-state index contributed by atoms with van der Waals surface area (Å²) in [4.78, 5) is 11.5. The van der Waals surface area contributed by atoms with Gasteiger partial charge in [-0.3, -0.25) is 0 Å². The number of hydrogen-bond acceptors (Lipinski definition) is 3. The molecule has 2 rings (SSSR count). The molecule has 0 unspecified atom stereocenters. The van der Waals surface area contributed by atoms with Crippen LogP contribution in [0.1, 0.15) is 16.7 Å². The number of phenolic OH excluding ortho intramolecular Hbond substituents is 1. The average molecular weight is 330 g/mol. The number of aromatic hydroxyl groups is 1. The van der Waals surface area contributed by atoms with Crippen molar-refractivity contribution >= 4 is 17.7 Å². The van der Waals surface area contributed by atoms with E-state index in [1.807, 2.05) is 30.3 Å². The number of ether oxygens (including phenoxy) is 1. The van der Waals surface area contributed by atoms with Crippen LogP contribution in [0.4, 0.5) is 4.79 Å². The van der Waals surface area contributed by atoms with Gasteiger partial charge in [-0.15, -0.1) is 0 Å². The average Bonchev–Trinajstić information content (AvgIpc) is 2.54. The third-order valence-corrected chi connectivity index (χ3v) is 3.24. The Kier molecular flexibility index (Phi) is 5.90. The fourth-order valence-electron chi connectivity index (χ4n) is 1.86. The molecular formula is C18H16ClNO3. The highest BCUT2D eigenvalue weighted by atomic mass is 35.5. The van der Waals surface area contributed by atoms with E-state index in [1.165, 1.54) is 0 Å². The first-order valence-corrected chi connectivity index (χ1v) is 7.36. The summed E-state index contributed by atoms with van der Waals surface area (Å²) in [5.74, 6) is 5.61. The Morgan fingerprint density at radius 3 is 2.78 bits per heavy atom. The molecule has 0 aliphatic carbocycles. The minimum atomic E-state index is -0.547. The van der Waals surface area contributed by atoms with Crippen molar-refractivity contribution in [1.82, 2.24) is 5.32 Å². The Morgan fingerprint density at radius 1 is 1.30 bits per heavy atom. The van der Waals surface area contributed by atoms with E-state index in [2.05, 4.69) is 17.2 Å². The van der Waals surface area contributed by atoms with E-state index in [1.54, 1.807) is 19.1 Å². The van der Waals surface area contributed by atoms with Crippen LogP contribution in [0.15, 0.2) is 42.5 Å². The quantitative estimate of drug-likeness (QED) is 0.845. The fraction of sp³-hybridized carbons (Fsp3) is 0.167. The zero-order chi connectivity index (χ0) is 16.7. The molecule has 0 aromatic heterocycles. The van der Waals surface area contributed by atoms with Gasteiger partial charge >= 0.3 is 6.09 Å². The molecular weight excluding hydrogens is 314 g/mol. The number of phenols is 1. The Morgan fingerprint density at radius 2 is 2.04 bits per heavy atom. The van der Waals surface area contributed by atoms with E-state index in [4.69, 9.17) is 16.3 Å². The summed E-state index contributed by atoms with van der Waals surface area (Å²) in [7, 11) is 0. The third kappa shape index (κ3) is 5.24. The second kappa shape index (κ2) is 8.11. The molecule has 2 N–H and O–H groups in total. The minimum Gasteiger partial charge on any atom is -0.506 e. The Labute approximate surface area is 140 Å². The van der Waals surface area contributed by atoms with Crippen molar-refractivity contribution in [3.05, 3.63) is 64.2 Å². The molecule has 118 valence electrons. The van der Waals surface area contributed by atoms with Crippen LogP contribution in [0.3, 0.4) is 0 Å². The normalized spacial score (nSPS) is 9.65. The van der Waals surface area contributed by atoms with Crippen molar-refractivity contribution in [2.24, 2.45) is 0 Å². The first kappa shape index (κ1) is 16.7. The van der Waals surface area contributed by atoms with Crippen LogP contribution in [0.2, 0.25) is 5.02 Å². The predicted molar refractivity (Wildman–Crippen MR) is 89.4 cm³/mol. The first-order chi connectivity index (χ1) is 11.1. The molecule has 4 nitrogen and oxygen atoms in total. The molecule has 0 spiro atoms. The molecule has 0 saturated carbocycles. The van der Waals surface area contributed by atoms with Gasteiger partial charge in [-0.25, -0.2) is 4.79 Å². The van der Waals surface area contributed by atoms with Crippen molar-refractivity contribution in [3.8, 4) is 17.6 Å². The molecule has 5 heteroatoms. The summed E-state index contributed by atoms with van der Waals surface area (Å²) in [5.41, 5.74) is 1.99. The van der Waals surface area contributed by atoms with Crippen molar-refractivity contribution in [3.63, 3.8) is 0 Å². The summed E-state index contributed by atoms with van der Waals surface area (Å²) in [6, 6.07) is 12.6. The highest BCUT2D eigenvalue weighted by Gasteiger charge is 2.04. The number of carbonyl (C=O) groups excluding carboxylic acids is 1. The van der Waals surface area contributed by atoms with Crippen LogP contribution >= 0.6 is 11.6 Å². The summed E-state index contributed by atoms with van der Waals surface area (Å²) >= 11 is 5.92. The highest BCUT2D eigenvalue weighted by Crippen LogP contribution is 2.25. The summed E-state index contributed by atoms with van der Waals surface area (Å²) < 4.78 is 5.05. The van der Waals surface area contributed by atoms with Crippen LogP contribution in [0, 0.1) is 18.8 Å². The summed E-state index contributed by atoms with van der Waals surface area (Å²) in [6.45, 7) is 2.05. The van der Waals surface area contributed by atoms with Crippen LogP contribution < -0.4 is 5.32 Å².